The van der Waals surface area contributed by atoms with Crippen LogP contribution in [0.4, 0.5) is 8.78 Å². The molecule has 1 aliphatic heterocycles. The van der Waals surface area contributed by atoms with E-state index in [0.29, 0.717) is 24.8 Å². The van der Waals surface area contributed by atoms with E-state index in [0.717, 1.165) is 38.5 Å². The first-order valence-corrected chi connectivity index (χ1v) is 7.41. The van der Waals surface area contributed by atoms with Gasteiger partial charge in [0, 0.05) is 13.0 Å². The van der Waals surface area contributed by atoms with Gasteiger partial charge in [0.1, 0.15) is 0 Å². The van der Waals surface area contributed by atoms with Crippen LogP contribution in [0.2, 0.25) is 0 Å². The quantitative estimate of drug-likeness (QED) is 0.917. The third-order valence-electron chi connectivity index (χ3n) is 4.07. The van der Waals surface area contributed by atoms with Gasteiger partial charge in [-0.15, -0.1) is 0 Å². The SMILES string of the molecule is CCCN1CCCC(O)(Cc2ccc(F)c(F)c2)CC1. The lowest BCUT2D eigenvalue weighted by Gasteiger charge is -2.27. The summed E-state index contributed by atoms with van der Waals surface area (Å²) in [4.78, 5) is 2.36. The topological polar surface area (TPSA) is 23.5 Å². The normalized spacial score (nSPS) is 24.6. The molecule has 1 saturated heterocycles. The average molecular weight is 283 g/mol. The fourth-order valence-electron chi connectivity index (χ4n) is 2.98. The van der Waals surface area contributed by atoms with Gasteiger partial charge in [-0.25, -0.2) is 8.78 Å². The molecule has 0 aromatic heterocycles. The summed E-state index contributed by atoms with van der Waals surface area (Å²) in [6.45, 7) is 5.08. The molecule has 1 aliphatic rings. The summed E-state index contributed by atoms with van der Waals surface area (Å²) < 4.78 is 26.2. The predicted octanol–water partition coefficient (Wildman–Crippen LogP) is 3.13. The van der Waals surface area contributed by atoms with Crippen LogP contribution in [0.15, 0.2) is 18.2 Å². The molecular weight excluding hydrogens is 260 g/mol. The van der Waals surface area contributed by atoms with Gasteiger partial charge in [-0.3, -0.25) is 0 Å². The van der Waals surface area contributed by atoms with Crippen LogP contribution in [-0.2, 0) is 6.42 Å². The molecule has 0 bridgehead atoms. The van der Waals surface area contributed by atoms with Gasteiger partial charge < -0.3 is 10.0 Å². The zero-order chi connectivity index (χ0) is 14.6. The molecule has 0 radical (unpaired) electrons. The molecule has 1 N–H and O–H groups in total. The van der Waals surface area contributed by atoms with Crippen LogP contribution < -0.4 is 0 Å². The summed E-state index contributed by atoms with van der Waals surface area (Å²) in [7, 11) is 0. The number of likely N-dealkylation sites (tertiary alicyclic amines) is 1. The second-order valence-electron chi connectivity index (χ2n) is 5.84. The lowest BCUT2D eigenvalue weighted by molar-refractivity contribution is 0.0256. The third kappa shape index (κ3) is 4.00. The van der Waals surface area contributed by atoms with E-state index in [9.17, 15) is 13.9 Å². The molecule has 2 rings (SSSR count). The highest BCUT2D eigenvalue weighted by molar-refractivity contribution is 5.20. The van der Waals surface area contributed by atoms with Crippen molar-refractivity contribution in [3.63, 3.8) is 0 Å². The zero-order valence-corrected chi connectivity index (χ0v) is 12.0. The minimum absolute atomic E-state index is 0.393. The highest BCUT2D eigenvalue weighted by Gasteiger charge is 2.30. The van der Waals surface area contributed by atoms with E-state index in [1.807, 2.05) is 0 Å². The Morgan fingerprint density at radius 2 is 2.00 bits per heavy atom. The Hall–Kier alpha value is -1.00. The lowest BCUT2D eigenvalue weighted by atomic mass is 9.88. The number of rotatable bonds is 4. The van der Waals surface area contributed by atoms with Crippen LogP contribution in [0.25, 0.3) is 0 Å². The van der Waals surface area contributed by atoms with Crippen molar-refractivity contribution in [1.82, 2.24) is 4.90 Å². The van der Waals surface area contributed by atoms with Crippen LogP contribution in [0.5, 0.6) is 0 Å². The molecule has 1 heterocycles. The smallest absolute Gasteiger partial charge is 0.159 e. The van der Waals surface area contributed by atoms with Crippen LogP contribution in [0.3, 0.4) is 0 Å². The van der Waals surface area contributed by atoms with Crippen LogP contribution in [0, 0.1) is 11.6 Å². The number of benzene rings is 1. The van der Waals surface area contributed by atoms with Gasteiger partial charge in [0.05, 0.1) is 5.60 Å². The van der Waals surface area contributed by atoms with E-state index in [4.69, 9.17) is 0 Å². The molecule has 0 aliphatic carbocycles. The summed E-state index contributed by atoms with van der Waals surface area (Å²) in [5.74, 6) is -1.68. The molecule has 1 aromatic carbocycles. The molecule has 112 valence electrons. The summed E-state index contributed by atoms with van der Waals surface area (Å²) in [5, 5.41) is 10.7. The molecular formula is C16H23F2NO. The Labute approximate surface area is 119 Å². The maximum atomic E-state index is 13.2. The molecule has 0 spiro atoms. The summed E-state index contributed by atoms with van der Waals surface area (Å²) in [5.41, 5.74) is -0.136. The molecule has 1 fully saturated rings. The van der Waals surface area contributed by atoms with Crippen molar-refractivity contribution in [2.75, 3.05) is 19.6 Å². The molecule has 4 heteroatoms. The number of nitrogens with zero attached hydrogens (tertiary/aromatic N) is 1. The first-order chi connectivity index (χ1) is 9.52. The molecule has 1 unspecified atom stereocenters. The largest absolute Gasteiger partial charge is 0.389 e. The van der Waals surface area contributed by atoms with Crippen LogP contribution in [0.1, 0.15) is 38.2 Å². The highest BCUT2D eigenvalue weighted by atomic mass is 19.2. The van der Waals surface area contributed by atoms with Gasteiger partial charge >= 0.3 is 0 Å². The van der Waals surface area contributed by atoms with Gasteiger partial charge in [0.15, 0.2) is 11.6 Å². The maximum Gasteiger partial charge on any atom is 0.159 e. The number of aliphatic hydroxyl groups is 1. The second kappa shape index (κ2) is 6.64. The van der Waals surface area contributed by atoms with E-state index in [-0.39, 0.29) is 0 Å². The molecule has 0 amide bonds. The molecule has 1 atom stereocenters. The highest BCUT2D eigenvalue weighted by Crippen LogP contribution is 2.27. The number of hydrogen-bond donors (Lipinski definition) is 1. The van der Waals surface area contributed by atoms with Crippen LogP contribution in [-0.4, -0.2) is 35.2 Å². The lowest BCUT2D eigenvalue weighted by Crippen LogP contribution is -2.33. The molecule has 1 aromatic rings. The van der Waals surface area contributed by atoms with Crippen LogP contribution >= 0.6 is 0 Å². The van der Waals surface area contributed by atoms with E-state index in [2.05, 4.69) is 11.8 Å². The summed E-state index contributed by atoms with van der Waals surface area (Å²) >= 11 is 0. The van der Waals surface area contributed by atoms with Gasteiger partial charge in [0.25, 0.3) is 0 Å². The average Bonchev–Trinajstić information content (AvgIpc) is 2.57. The van der Waals surface area contributed by atoms with Crippen molar-refractivity contribution < 1.29 is 13.9 Å². The van der Waals surface area contributed by atoms with Crippen molar-refractivity contribution in [2.24, 2.45) is 0 Å². The van der Waals surface area contributed by atoms with Crippen molar-refractivity contribution in [1.29, 1.82) is 0 Å². The monoisotopic (exact) mass is 283 g/mol. The summed E-state index contributed by atoms with van der Waals surface area (Å²) in [6.07, 6.45) is 3.85. The van der Waals surface area contributed by atoms with Gasteiger partial charge in [-0.05, 0) is 56.5 Å². The fraction of sp³-hybridized carbons (Fsp3) is 0.625. The zero-order valence-electron chi connectivity index (χ0n) is 12.0. The minimum Gasteiger partial charge on any atom is -0.389 e. The Morgan fingerprint density at radius 1 is 1.20 bits per heavy atom. The van der Waals surface area contributed by atoms with Gasteiger partial charge in [0.2, 0.25) is 0 Å². The van der Waals surface area contributed by atoms with Gasteiger partial charge in [-0.2, -0.15) is 0 Å². The third-order valence-corrected chi connectivity index (χ3v) is 4.07. The van der Waals surface area contributed by atoms with Crippen molar-refractivity contribution in [3.8, 4) is 0 Å². The van der Waals surface area contributed by atoms with E-state index >= 15 is 0 Å². The van der Waals surface area contributed by atoms with Crippen molar-refractivity contribution in [3.05, 3.63) is 35.4 Å². The Bertz CT molecular complexity index is 452. The van der Waals surface area contributed by atoms with E-state index in [1.54, 1.807) is 6.07 Å². The predicted molar refractivity (Wildman–Crippen MR) is 75.6 cm³/mol. The van der Waals surface area contributed by atoms with Crippen molar-refractivity contribution >= 4 is 0 Å². The van der Waals surface area contributed by atoms with E-state index < -0.39 is 17.2 Å². The summed E-state index contributed by atoms with van der Waals surface area (Å²) in [6, 6.07) is 3.89. The first-order valence-electron chi connectivity index (χ1n) is 7.41. The Balaban J connectivity index is 2.01. The van der Waals surface area contributed by atoms with E-state index in [1.165, 1.54) is 6.07 Å². The minimum atomic E-state index is -0.840. The second-order valence-corrected chi connectivity index (χ2v) is 5.84. The molecule has 20 heavy (non-hydrogen) atoms. The molecule has 2 nitrogen and oxygen atoms in total. The molecule has 0 saturated carbocycles. The number of halogens is 2. The maximum absolute atomic E-state index is 13.2. The van der Waals surface area contributed by atoms with Gasteiger partial charge in [-0.1, -0.05) is 13.0 Å². The standard InChI is InChI=1S/C16H23F2NO/c1-2-8-19-9-3-6-16(20,7-10-19)12-13-4-5-14(17)15(18)11-13/h4-5,11,20H,2-3,6-10,12H2,1H3. The number of hydrogen-bond acceptors (Lipinski definition) is 2. The Kier molecular flexibility index (Phi) is 5.11. The Morgan fingerprint density at radius 3 is 2.70 bits per heavy atom. The van der Waals surface area contributed by atoms with Crippen molar-refractivity contribution in [2.45, 2.75) is 44.6 Å². The fourth-order valence-corrected chi connectivity index (χ4v) is 2.98. The first kappa shape index (κ1) is 15.4.